The maximum Gasteiger partial charge on any atom is 0.322 e. The molecule has 0 unspecified atom stereocenters. The van der Waals surface area contributed by atoms with Gasteiger partial charge in [0.05, 0.1) is 22.9 Å². The zero-order valence-electron chi connectivity index (χ0n) is 17.2. The molecule has 0 saturated heterocycles. The minimum Gasteiger partial charge on any atom is -0.421 e. The normalized spacial score (nSPS) is 11.5. The van der Waals surface area contributed by atoms with Crippen LogP contribution in [0, 0.1) is 18.6 Å². The van der Waals surface area contributed by atoms with Gasteiger partial charge in [-0.2, -0.15) is 14.4 Å². The minimum atomic E-state index is -3.45. The largest absolute Gasteiger partial charge is 0.421 e. The lowest BCUT2D eigenvalue weighted by atomic mass is 10.2. The molecule has 0 aliphatic heterocycles. The zero-order valence-corrected chi connectivity index (χ0v) is 18.0. The molecular weight excluding hydrogens is 428 g/mol. The van der Waals surface area contributed by atoms with Crippen molar-refractivity contribution in [3.63, 3.8) is 0 Å². The van der Waals surface area contributed by atoms with E-state index >= 15 is 0 Å². The van der Waals surface area contributed by atoms with E-state index < -0.39 is 21.5 Å². The first-order valence-corrected chi connectivity index (χ1v) is 11.3. The smallest absolute Gasteiger partial charge is 0.322 e. The lowest BCUT2D eigenvalue weighted by molar-refractivity contribution is 0.389. The van der Waals surface area contributed by atoms with Crippen LogP contribution in [0.5, 0.6) is 11.8 Å². The van der Waals surface area contributed by atoms with Crippen LogP contribution < -0.4 is 10.3 Å². The fraction of sp³-hybridized carbons (Fsp3) is 0.286. The van der Waals surface area contributed by atoms with Crippen LogP contribution in [0.3, 0.4) is 0 Å². The summed E-state index contributed by atoms with van der Waals surface area (Å²) in [6.07, 6.45) is 1.96. The Morgan fingerprint density at radius 2 is 1.87 bits per heavy atom. The standard InChI is InChI=1S/C21H21F2N3O4S/c1-4-9-31(28,29)12-15-10-17(14-6-8-18(27)26(3)11-14)25-21(24-15)30-20-13(2)5-7-16(22)19(20)23/h5-8,10-11H,4,9,12H2,1-3H3. The van der Waals surface area contributed by atoms with Crippen molar-refractivity contribution in [3.05, 3.63) is 69.8 Å². The van der Waals surface area contributed by atoms with E-state index in [0.29, 0.717) is 17.5 Å². The molecule has 2 aromatic heterocycles. The average Bonchev–Trinajstić information content (AvgIpc) is 2.69. The van der Waals surface area contributed by atoms with Crippen molar-refractivity contribution < 1.29 is 21.9 Å². The van der Waals surface area contributed by atoms with E-state index in [1.807, 2.05) is 0 Å². The Morgan fingerprint density at radius 1 is 1.13 bits per heavy atom. The molecule has 0 amide bonds. The Labute approximate surface area is 178 Å². The Kier molecular flexibility index (Phi) is 6.49. The van der Waals surface area contributed by atoms with Crippen molar-refractivity contribution in [3.8, 4) is 23.0 Å². The molecule has 0 radical (unpaired) electrons. The summed E-state index contributed by atoms with van der Waals surface area (Å²) in [5, 5.41) is 0. The molecule has 31 heavy (non-hydrogen) atoms. The zero-order chi connectivity index (χ0) is 22.8. The molecule has 7 nitrogen and oxygen atoms in total. The van der Waals surface area contributed by atoms with Gasteiger partial charge in [0.25, 0.3) is 0 Å². The topological polar surface area (TPSA) is 91.2 Å². The van der Waals surface area contributed by atoms with Crippen molar-refractivity contribution in [2.24, 2.45) is 7.05 Å². The summed E-state index contributed by atoms with van der Waals surface area (Å²) in [4.78, 5) is 20.0. The SMILES string of the molecule is CCCS(=O)(=O)Cc1cc(-c2ccc(=O)n(C)c2)nc(Oc2c(C)ccc(F)c2F)n1. The number of hydrogen-bond donors (Lipinski definition) is 0. The van der Waals surface area contributed by atoms with Gasteiger partial charge in [0.1, 0.15) is 0 Å². The molecule has 0 aliphatic rings. The highest BCUT2D eigenvalue weighted by molar-refractivity contribution is 7.90. The molecule has 0 N–H and O–H groups in total. The molecule has 3 rings (SSSR count). The number of hydrogen-bond acceptors (Lipinski definition) is 6. The number of nitrogens with zero attached hydrogens (tertiary/aromatic N) is 3. The molecule has 0 atom stereocenters. The third-order valence-corrected chi connectivity index (χ3v) is 6.23. The molecule has 0 fully saturated rings. The maximum atomic E-state index is 14.3. The second-order valence-corrected chi connectivity index (χ2v) is 9.28. The second kappa shape index (κ2) is 8.93. The Morgan fingerprint density at radius 3 is 2.55 bits per heavy atom. The van der Waals surface area contributed by atoms with Gasteiger partial charge < -0.3 is 9.30 Å². The molecule has 164 valence electrons. The molecule has 0 bridgehead atoms. The van der Waals surface area contributed by atoms with E-state index in [1.165, 1.54) is 42.0 Å². The van der Waals surface area contributed by atoms with Gasteiger partial charge in [-0.05, 0) is 37.1 Å². The van der Waals surface area contributed by atoms with E-state index in [4.69, 9.17) is 4.74 Å². The molecular formula is C21H21F2N3O4S. The fourth-order valence-electron chi connectivity index (χ4n) is 2.94. The number of benzene rings is 1. The number of ether oxygens (including phenoxy) is 1. The van der Waals surface area contributed by atoms with Crippen LogP contribution in [0.4, 0.5) is 8.78 Å². The fourth-order valence-corrected chi connectivity index (χ4v) is 4.30. The quantitative estimate of drug-likeness (QED) is 0.548. The number of sulfone groups is 1. The van der Waals surface area contributed by atoms with Crippen LogP contribution in [0.2, 0.25) is 0 Å². The van der Waals surface area contributed by atoms with E-state index in [9.17, 15) is 22.0 Å². The first kappa shape index (κ1) is 22.5. The summed E-state index contributed by atoms with van der Waals surface area (Å²) in [5.74, 6) is -3.08. The van der Waals surface area contributed by atoms with Crippen molar-refractivity contribution in [2.45, 2.75) is 26.0 Å². The predicted octanol–water partition coefficient (Wildman–Crippen LogP) is 3.55. The third kappa shape index (κ3) is 5.32. The van der Waals surface area contributed by atoms with Crippen LogP contribution in [-0.2, 0) is 22.6 Å². The predicted molar refractivity (Wildman–Crippen MR) is 112 cm³/mol. The third-order valence-electron chi connectivity index (χ3n) is 4.46. The Balaban J connectivity index is 2.12. The van der Waals surface area contributed by atoms with E-state index in [0.717, 1.165) is 6.07 Å². The monoisotopic (exact) mass is 449 g/mol. The van der Waals surface area contributed by atoms with Gasteiger partial charge in [-0.15, -0.1) is 0 Å². The van der Waals surface area contributed by atoms with Gasteiger partial charge in [-0.3, -0.25) is 4.79 Å². The van der Waals surface area contributed by atoms with Crippen LogP contribution in [-0.4, -0.2) is 28.7 Å². The highest BCUT2D eigenvalue weighted by atomic mass is 32.2. The van der Waals surface area contributed by atoms with Crippen LogP contribution >= 0.6 is 0 Å². The molecule has 0 saturated carbocycles. The van der Waals surface area contributed by atoms with Gasteiger partial charge in [0.15, 0.2) is 21.4 Å². The number of pyridine rings is 1. The van der Waals surface area contributed by atoms with Crippen LogP contribution in [0.1, 0.15) is 24.6 Å². The van der Waals surface area contributed by atoms with Gasteiger partial charge in [0, 0.05) is 24.9 Å². The van der Waals surface area contributed by atoms with Crippen LogP contribution in [0.25, 0.3) is 11.3 Å². The summed E-state index contributed by atoms with van der Waals surface area (Å²) >= 11 is 0. The number of aryl methyl sites for hydroxylation is 2. The summed E-state index contributed by atoms with van der Waals surface area (Å²) in [6, 6.07) is 6.31. The van der Waals surface area contributed by atoms with Crippen molar-refractivity contribution in [1.82, 2.24) is 14.5 Å². The molecule has 10 heteroatoms. The molecule has 3 aromatic rings. The number of halogens is 2. The van der Waals surface area contributed by atoms with Crippen LogP contribution in [0.15, 0.2) is 41.3 Å². The highest BCUT2D eigenvalue weighted by Crippen LogP contribution is 2.29. The lowest BCUT2D eigenvalue weighted by Gasteiger charge is -2.12. The lowest BCUT2D eigenvalue weighted by Crippen LogP contribution is -2.14. The minimum absolute atomic E-state index is 0.0278. The van der Waals surface area contributed by atoms with Gasteiger partial charge in [0.2, 0.25) is 11.4 Å². The summed E-state index contributed by atoms with van der Waals surface area (Å²) in [6.45, 7) is 3.28. The second-order valence-electron chi connectivity index (χ2n) is 7.10. The summed E-state index contributed by atoms with van der Waals surface area (Å²) in [5.41, 5.74) is 0.987. The number of aromatic nitrogens is 3. The van der Waals surface area contributed by atoms with Gasteiger partial charge in [-0.25, -0.2) is 12.8 Å². The molecule has 0 aliphatic carbocycles. The summed E-state index contributed by atoms with van der Waals surface area (Å²) in [7, 11) is -1.89. The Bertz CT molecular complexity index is 1290. The highest BCUT2D eigenvalue weighted by Gasteiger charge is 2.19. The first-order chi connectivity index (χ1) is 14.6. The summed E-state index contributed by atoms with van der Waals surface area (Å²) < 4.78 is 59.3. The Hall–Kier alpha value is -3.14. The van der Waals surface area contributed by atoms with Gasteiger partial charge >= 0.3 is 6.01 Å². The van der Waals surface area contributed by atoms with Gasteiger partial charge in [-0.1, -0.05) is 13.0 Å². The first-order valence-electron chi connectivity index (χ1n) is 9.47. The maximum absolute atomic E-state index is 14.3. The molecule has 1 aromatic carbocycles. The van der Waals surface area contributed by atoms with E-state index in [2.05, 4.69) is 9.97 Å². The van der Waals surface area contributed by atoms with Crippen molar-refractivity contribution >= 4 is 9.84 Å². The van der Waals surface area contributed by atoms with E-state index in [1.54, 1.807) is 14.0 Å². The molecule has 2 heterocycles. The van der Waals surface area contributed by atoms with Crippen molar-refractivity contribution in [1.29, 1.82) is 0 Å². The van der Waals surface area contributed by atoms with E-state index in [-0.39, 0.29) is 40.2 Å². The van der Waals surface area contributed by atoms with Crippen molar-refractivity contribution in [2.75, 3.05) is 5.75 Å². The number of rotatable bonds is 7. The average molecular weight is 449 g/mol. The molecule has 0 spiro atoms.